The summed E-state index contributed by atoms with van der Waals surface area (Å²) in [6.07, 6.45) is 4.75. The van der Waals surface area contributed by atoms with Crippen molar-refractivity contribution in [3.63, 3.8) is 0 Å². The molecule has 4 aromatic rings. The number of nitrogens with one attached hydrogen (secondary N) is 2. The molecule has 4 atom stereocenters. The van der Waals surface area contributed by atoms with Crippen LogP contribution in [0.1, 0.15) is 47.6 Å². The molecule has 0 saturated heterocycles. The van der Waals surface area contributed by atoms with Crippen molar-refractivity contribution in [3.05, 3.63) is 150 Å². The smallest absolute Gasteiger partial charge is 0.310 e. The maximum Gasteiger partial charge on any atom is 0.310 e. The lowest BCUT2D eigenvalue weighted by molar-refractivity contribution is -0.154. The van der Waals surface area contributed by atoms with Crippen LogP contribution in [-0.2, 0) is 38.6 Å². The predicted molar refractivity (Wildman–Crippen MR) is 188 cm³/mol. The van der Waals surface area contributed by atoms with E-state index >= 15 is 0 Å². The molecule has 0 radical (unpaired) electrons. The molecule has 8 nitrogen and oxygen atoms in total. The third-order valence-electron chi connectivity index (χ3n) is 8.60. The molecule has 1 aliphatic rings. The first-order chi connectivity index (χ1) is 24.0. The van der Waals surface area contributed by atoms with E-state index in [1.807, 2.05) is 127 Å². The van der Waals surface area contributed by atoms with Gasteiger partial charge in [-0.3, -0.25) is 14.4 Å². The van der Waals surface area contributed by atoms with Gasteiger partial charge in [-0.1, -0.05) is 115 Å². The first-order valence-corrected chi connectivity index (χ1v) is 16.8. The Hall–Kier alpha value is -5.21. The summed E-state index contributed by atoms with van der Waals surface area (Å²) in [6.45, 7) is 0.298. The summed E-state index contributed by atoms with van der Waals surface area (Å²) in [6, 6.07) is 36.2. The fourth-order valence-corrected chi connectivity index (χ4v) is 5.85. The zero-order valence-electron chi connectivity index (χ0n) is 27.6. The van der Waals surface area contributed by atoms with Crippen LogP contribution in [0, 0.1) is 11.8 Å². The molecule has 0 saturated carbocycles. The number of rotatable bonds is 12. The monoisotopic (exact) mass is 660 g/mol. The van der Waals surface area contributed by atoms with Crippen LogP contribution in [0.25, 0.3) is 0 Å². The summed E-state index contributed by atoms with van der Waals surface area (Å²) in [5, 5.41) is 15.9. The summed E-state index contributed by atoms with van der Waals surface area (Å²) >= 11 is 0. The number of allylic oxidation sites excluding steroid dienone is 2. The van der Waals surface area contributed by atoms with Crippen molar-refractivity contribution < 1.29 is 29.0 Å². The van der Waals surface area contributed by atoms with Crippen molar-refractivity contribution in [2.45, 2.75) is 50.9 Å². The second-order valence-corrected chi connectivity index (χ2v) is 12.4. The second-order valence-electron chi connectivity index (χ2n) is 12.4. The minimum atomic E-state index is -0.678. The minimum Gasteiger partial charge on any atom is -0.489 e. The maximum absolute atomic E-state index is 13.4. The third kappa shape index (κ3) is 11.2. The highest BCUT2D eigenvalue weighted by Gasteiger charge is 2.28. The van der Waals surface area contributed by atoms with Crippen LogP contribution in [0.3, 0.4) is 0 Å². The Labute approximate surface area is 288 Å². The van der Waals surface area contributed by atoms with Crippen molar-refractivity contribution >= 4 is 17.8 Å². The lowest BCUT2D eigenvalue weighted by Crippen LogP contribution is -2.42. The molecule has 8 heteroatoms. The second kappa shape index (κ2) is 18.4. The molecule has 2 amide bonds. The largest absolute Gasteiger partial charge is 0.489 e. The van der Waals surface area contributed by atoms with Crippen molar-refractivity contribution in [3.8, 4) is 5.75 Å². The molecule has 0 aromatic heterocycles. The number of carbonyl (C=O) groups is 3. The molecule has 0 bridgehead atoms. The molecule has 0 aliphatic carbocycles. The highest BCUT2D eigenvalue weighted by molar-refractivity contribution is 5.86. The van der Waals surface area contributed by atoms with Gasteiger partial charge in [0.15, 0.2) is 0 Å². The van der Waals surface area contributed by atoms with Gasteiger partial charge in [-0.25, -0.2) is 0 Å². The highest BCUT2D eigenvalue weighted by atomic mass is 16.5. The zero-order chi connectivity index (χ0) is 34.3. The summed E-state index contributed by atoms with van der Waals surface area (Å²) in [7, 11) is 0. The number of hydrogen-bond donors (Lipinski definition) is 3. The standard InChI is InChI=1S/C41H44N2O6/c44-28-36(25-31-20-22-37(23-21-31)48-29-32-14-6-2-7-15-32)43-39(45)26-34-18-10-11-19-35(24-30-12-4-1-5-13-30)41(47)49-38(27-42-40(34)46)33-16-8-3-9-17-33/h1-17,20-23,34-36,38,44H,18-19,24-29H2,(H,42,46)(H,43,45)/t34-,35-,36+,38+/m1/s1. The molecule has 0 fully saturated rings. The number of carbonyl (C=O) groups excluding carboxylic acids is 3. The number of aliphatic hydroxyl groups is 1. The third-order valence-corrected chi connectivity index (χ3v) is 8.60. The van der Waals surface area contributed by atoms with E-state index in [0.29, 0.717) is 32.3 Å². The van der Waals surface area contributed by atoms with E-state index in [-0.39, 0.29) is 37.4 Å². The number of ether oxygens (including phenoxy) is 2. The average Bonchev–Trinajstić information content (AvgIpc) is 3.14. The van der Waals surface area contributed by atoms with E-state index < -0.39 is 24.0 Å². The number of amides is 2. The van der Waals surface area contributed by atoms with Crippen molar-refractivity contribution in [2.75, 3.05) is 13.2 Å². The first kappa shape index (κ1) is 35.1. The zero-order valence-corrected chi connectivity index (χ0v) is 27.6. The molecule has 0 spiro atoms. The van der Waals surface area contributed by atoms with Gasteiger partial charge < -0.3 is 25.2 Å². The van der Waals surface area contributed by atoms with E-state index in [0.717, 1.165) is 28.0 Å². The van der Waals surface area contributed by atoms with E-state index in [9.17, 15) is 19.5 Å². The van der Waals surface area contributed by atoms with Gasteiger partial charge in [-0.05, 0) is 60.1 Å². The molecule has 1 aliphatic heterocycles. The molecular formula is C41H44N2O6. The van der Waals surface area contributed by atoms with E-state index in [1.165, 1.54) is 0 Å². The molecule has 3 N–H and O–H groups in total. The van der Waals surface area contributed by atoms with Gasteiger partial charge in [0, 0.05) is 6.42 Å². The van der Waals surface area contributed by atoms with Crippen LogP contribution in [0.4, 0.5) is 0 Å². The Bertz CT molecular complexity index is 1640. The van der Waals surface area contributed by atoms with E-state index in [4.69, 9.17) is 9.47 Å². The van der Waals surface area contributed by atoms with E-state index in [2.05, 4.69) is 10.6 Å². The summed E-state index contributed by atoms with van der Waals surface area (Å²) in [5.74, 6) is -1.26. The van der Waals surface area contributed by atoms with Crippen LogP contribution < -0.4 is 15.4 Å². The summed E-state index contributed by atoms with van der Waals surface area (Å²) in [4.78, 5) is 40.1. The number of cyclic esters (lactones) is 1. The van der Waals surface area contributed by atoms with Crippen molar-refractivity contribution in [2.24, 2.45) is 11.8 Å². The number of esters is 1. The lowest BCUT2D eigenvalue weighted by atomic mass is 9.94. The summed E-state index contributed by atoms with van der Waals surface area (Å²) < 4.78 is 11.9. The van der Waals surface area contributed by atoms with E-state index in [1.54, 1.807) is 0 Å². The van der Waals surface area contributed by atoms with Crippen molar-refractivity contribution in [1.82, 2.24) is 10.6 Å². The molecule has 254 valence electrons. The SMILES string of the molecule is O=C(C[C@H]1CC=CC[C@H](Cc2ccccc2)C(=O)O[C@H](c2ccccc2)CNC1=O)N[C@H](CO)Cc1ccc(OCc2ccccc2)cc1. The Balaban J connectivity index is 1.21. The molecule has 0 unspecified atom stereocenters. The van der Waals surface area contributed by atoms with Crippen molar-refractivity contribution in [1.29, 1.82) is 0 Å². The normalized spacial score (nSPS) is 19.0. The number of hydrogen-bond acceptors (Lipinski definition) is 6. The highest BCUT2D eigenvalue weighted by Crippen LogP contribution is 2.24. The molecule has 1 heterocycles. The first-order valence-electron chi connectivity index (χ1n) is 16.8. The average molecular weight is 661 g/mol. The van der Waals surface area contributed by atoms with Gasteiger partial charge in [-0.15, -0.1) is 0 Å². The van der Waals surface area contributed by atoms with Gasteiger partial charge in [0.25, 0.3) is 0 Å². The van der Waals surface area contributed by atoms with Crippen LogP contribution in [0.5, 0.6) is 5.75 Å². The Kier molecular flexibility index (Phi) is 13.2. The topological polar surface area (TPSA) is 114 Å². The van der Waals surface area contributed by atoms with Crippen LogP contribution in [0.2, 0.25) is 0 Å². The van der Waals surface area contributed by atoms with Crippen LogP contribution >= 0.6 is 0 Å². The maximum atomic E-state index is 13.4. The fraction of sp³-hybridized carbons (Fsp3) is 0.293. The van der Waals surface area contributed by atoms with Gasteiger partial charge in [0.1, 0.15) is 18.5 Å². The Morgan fingerprint density at radius 1 is 0.796 bits per heavy atom. The van der Waals surface area contributed by atoms with Gasteiger partial charge in [-0.2, -0.15) is 0 Å². The molecule has 4 aromatic carbocycles. The van der Waals surface area contributed by atoms with Crippen LogP contribution in [-0.4, -0.2) is 42.1 Å². The van der Waals surface area contributed by atoms with Gasteiger partial charge >= 0.3 is 5.97 Å². The number of benzene rings is 4. The molecular weight excluding hydrogens is 616 g/mol. The molecule has 5 rings (SSSR count). The van der Waals surface area contributed by atoms with Gasteiger partial charge in [0.2, 0.25) is 11.8 Å². The number of aliphatic hydroxyl groups excluding tert-OH is 1. The predicted octanol–water partition coefficient (Wildman–Crippen LogP) is 5.90. The minimum absolute atomic E-state index is 0.0534. The summed E-state index contributed by atoms with van der Waals surface area (Å²) in [5.41, 5.74) is 3.82. The van der Waals surface area contributed by atoms with Gasteiger partial charge in [0.05, 0.1) is 31.0 Å². The molecule has 49 heavy (non-hydrogen) atoms. The lowest BCUT2D eigenvalue weighted by Gasteiger charge is -2.24. The van der Waals surface area contributed by atoms with Crippen LogP contribution in [0.15, 0.2) is 127 Å². The fourth-order valence-electron chi connectivity index (χ4n) is 5.85. The quantitative estimate of drug-likeness (QED) is 0.129. The Morgan fingerprint density at radius 2 is 1.41 bits per heavy atom. The Morgan fingerprint density at radius 3 is 2.06 bits per heavy atom.